The second-order valence-corrected chi connectivity index (χ2v) is 7.01. The van der Waals surface area contributed by atoms with Crippen molar-refractivity contribution in [1.82, 2.24) is 15.3 Å². The van der Waals surface area contributed by atoms with Crippen LogP contribution in [0.15, 0.2) is 36.7 Å². The predicted molar refractivity (Wildman–Crippen MR) is 106 cm³/mol. The first kappa shape index (κ1) is 19.1. The summed E-state index contributed by atoms with van der Waals surface area (Å²) in [7, 11) is 0. The molecule has 0 saturated carbocycles. The van der Waals surface area contributed by atoms with Gasteiger partial charge in [-0.1, -0.05) is 24.3 Å². The number of amides is 1. The third-order valence-electron chi connectivity index (χ3n) is 5.08. The number of hydrogen-bond acceptors (Lipinski definition) is 5. The molecular formula is C21H28N4O2. The van der Waals surface area contributed by atoms with Gasteiger partial charge >= 0.3 is 6.01 Å². The molecular weight excluding hydrogens is 340 g/mol. The maximum Gasteiger partial charge on any atom is 0.316 e. The van der Waals surface area contributed by atoms with Crippen LogP contribution in [0.5, 0.6) is 6.01 Å². The average molecular weight is 368 g/mol. The monoisotopic (exact) mass is 368 g/mol. The van der Waals surface area contributed by atoms with Crippen LogP contribution >= 0.6 is 0 Å². The van der Waals surface area contributed by atoms with E-state index in [9.17, 15) is 4.79 Å². The Kier molecular flexibility index (Phi) is 6.27. The van der Waals surface area contributed by atoms with Crippen LogP contribution in [-0.4, -0.2) is 35.6 Å². The van der Waals surface area contributed by atoms with Gasteiger partial charge in [0.2, 0.25) is 5.91 Å². The number of ether oxygens (including phenoxy) is 1. The zero-order valence-corrected chi connectivity index (χ0v) is 16.3. The van der Waals surface area contributed by atoms with Crippen LogP contribution < -0.4 is 15.0 Å². The second kappa shape index (κ2) is 8.84. The summed E-state index contributed by atoms with van der Waals surface area (Å²) in [5, 5.41) is 2.93. The Bertz CT molecular complexity index is 738. The highest BCUT2D eigenvalue weighted by Crippen LogP contribution is 2.31. The lowest BCUT2D eigenvalue weighted by Crippen LogP contribution is -2.33. The number of benzene rings is 1. The smallest absolute Gasteiger partial charge is 0.316 e. The van der Waals surface area contributed by atoms with Crippen LogP contribution in [0, 0.1) is 0 Å². The van der Waals surface area contributed by atoms with Gasteiger partial charge in [0.15, 0.2) is 0 Å². The van der Waals surface area contributed by atoms with Gasteiger partial charge in [0.1, 0.15) is 0 Å². The number of nitrogens with one attached hydrogen (secondary N) is 1. The predicted octanol–water partition coefficient (Wildman–Crippen LogP) is 3.46. The van der Waals surface area contributed by atoms with E-state index >= 15 is 0 Å². The van der Waals surface area contributed by atoms with Crippen LogP contribution in [0.2, 0.25) is 0 Å². The molecule has 6 heteroatoms. The normalized spacial score (nSPS) is 16.0. The Morgan fingerprint density at radius 1 is 1.22 bits per heavy atom. The highest BCUT2D eigenvalue weighted by atomic mass is 16.5. The van der Waals surface area contributed by atoms with Crippen LogP contribution in [0.3, 0.4) is 0 Å². The molecule has 1 aromatic carbocycles. The lowest BCUT2D eigenvalue weighted by Gasteiger charge is -2.33. The number of anilines is 1. The fourth-order valence-corrected chi connectivity index (χ4v) is 3.59. The molecule has 1 aliphatic rings. The fourth-order valence-electron chi connectivity index (χ4n) is 3.59. The molecule has 1 N–H and O–H groups in total. The Morgan fingerprint density at radius 3 is 2.41 bits per heavy atom. The summed E-state index contributed by atoms with van der Waals surface area (Å²) in [5.41, 5.74) is 3.56. The molecule has 144 valence electrons. The molecule has 6 nitrogen and oxygen atoms in total. The maximum absolute atomic E-state index is 11.2. The average Bonchev–Trinajstić information content (AvgIpc) is 2.69. The quantitative estimate of drug-likeness (QED) is 0.846. The van der Waals surface area contributed by atoms with E-state index < -0.39 is 0 Å². The number of carbonyl (C=O) groups is 1. The van der Waals surface area contributed by atoms with Gasteiger partial charge in [-0.05, 0) is 43.7 Å². The van der Waals surface area contributed by atoms with Crippen LogP contribution in [0.25, 0.3) is 0 Å². The Balaban J connectivity index is 1.56. The highest BCUT2D eigenvalue weighted by Gasteiger charge is 2.21. The van der Waals surface area contributed by atoms with Gasteiger partial charge in [0.05, 0.1) is 30.7 Å². The standard InChI is InChI=1S/C21H28N4O2/c1-4-27-21-22-13-20(14-23-21)25-11-9-19(10-12-25)18-7-5-17(6-8-18)15(2)24-16(3)26/h5-8,13-15,19H,4,9-12H2,1-3H3,(H,24,26)/t15-/m0/s1. The first-order valence-corrected chi connectivity index (χ1v) is 9.63. The van der Waals surface area contributed by atoms with Crippen molar-refractivity contribution >= 4 is 11.6 Å². The fraction of sp³-hybridized carbons (Fsp3) is 0.476. The van der Waals surface area contributed by atoms with Gasteiger partial charge in [-0.3, -0.25) is 4.79 Å². The number of piperidine rings is 1. The third-order valence-corrected chi connectivity index (χ3v) is 5.08. The molecule has 0 spiro atoms. The van der Waals surface area contributed by atoms with E-state index in [1.54, 1.807) is 6.92 Å². The topological polar surface area (TPSA) is 67.3 Å². The first-order chi connectivity index (χ1) is 13.1. The number of carbonyl (C=O) groups excluding carboxylic acids is 1. The lowest BCUT2D eigenvalue weighted by atomic mass is 9.88. The van der Waals surface area contributed by atoms with E-state index in [0.717, 1.165) is 37.2 Å². The van der Waals surface area contributed by atoms with Gasteiger partial charge in [-0.2, -0.15) is 0 Å². The molecule has 27 heavy (non-hydrogen) atoms. The third kappa shape index (κ3) is 4.96. The summed E-state index contributed by atoms with van der Waals surface area (Å²) < 4.78 is 5.31. The van der Waals surface area contributed by atoms with Gasteiger partial charge < -0.3 is 15.0 Å². The summed E-state index contributed by atoms with van der Waals surface area (Å²) in [4.78, 5) is 22.1. The molecule has 1 aliphatic heterocycles. The Labute approximate surface area is 161 Å². The summed E-state index contributed by atoms with van der Waals surface area (Å²) in [6, 6.07) is 9.13. The summed E-state index contributed by atoms with van der Waals surface area (Å²) >= 11 is 0. The van der Waals surface area contributed by atoms with Crippen molar-refractivity contribution in [3.63, 3.8) is 0 Å². The highest BCUT2D eigenvalue weighted by molar-refractivity contribution is 5.73. The van der Waals surface area contributed by atoms with Crippen LogP contribution in [0.1, 0.15) is 56.7 Å². The van der Waals surface area contributed by atoms with Crippen molar-refractivity contribution in [1.29, 1.82) is 0 Å². The SMILES string of the molecule is CCOc1ncc(N2CCC(c3ccc([C@H](C)NC(C)=O)cc3)CC2)cn1. The van der Waals surface area contributed by atoms with Gasteiger partial charge in [-0.15, -0.1) is 0 Å². The molecule has 2 aromatic rings. The van der Waals surface area contributed by atoms with E-state index in [0.29, 0.717) is 18.5 Å². The molecule has 0 radical (unpaired) electrons. The van der Waals surface area contributed by atoms with E-state index in [1.807, 2.05) is 26.2 Å². The largest absolute Gasteiger partial charge is 0.464 e. The summed E-state index contributed by atoms with van der Waals surface area (Å²) in [6.07, 6.45) is 5.90. The molecule has 1 saturated heterocycles. The van der Waals surface area contributed by atoms with Gasteiger partial charge in [-0.25, -0.2) is 9.97 Å². The number of nitrogens with zero attached hydrogens (tertiary/aromatic N) is 3. The zero-order valence-electron chi connectivity index (χ0n) is 16.3. The van der Waals surface area contributed by atoms with Crippen molar-refractivity contribution < 1.29 is 9.53 Å². The zero-order chi connectivity index (χ0) is 19.2. The van der Waals surface area contributed by atoms with E-state index in [1.165, 1.54) is 5.56 Å². The first-order valence-electron chi connectivity index (χ1n) is 9.63. The summed E-state index contributed by atoms with van der Waals surface area (Å²) in [6.45, 7) is 8.04. The molecule has 3 rings (SSSR count). The van der Waals surface area contributed by atoms with Crippen molar-refractivity contribution in [3.05, 3.63) is 47.8 Å². The van der Waals surface area contributed by atoms with E-state index in [-0.39, 0.29) is 11.9 Å². The lowest BCUT2D eigenvalue weighted by molar-refractivity contribution is -0.119. The Morgan fingerprint density at radius 2 is 1.85 bits per heavy atom. The van der Waals surface area contributed by atoms with E-state index in [4.69, 9.17) is 4.74 Å². The molecule has 2 heterocycles. The van der Waals surface area contributed by atoms with Crippen molar-refractivity contribution in [3.8, 4) is 6.01 Å². The number of hydrogen-bond donors (Lipinski definition) is 1. The van der Waals surface area contributed by atoms with Crippen LogP contribution in [-0.2, 0) is 4.79 Å². The molecule has 1 atom stereocenters. The molecule has 0 unspecified atom stereocenters. The molecule has 0 bridgehead atoms. The van der Waals surface area contributed by atoms with Crippen molar-refractivity contribution in [2.24, 2.45) is 0 Å². The van der Waals surface area contributed by atoms with Crippen LogP contribution in [0.4, 0.5) is 5.69 Å². The molecule has 1 aromatic heterocycles. The molecule has 1 fully saturated rings. The number of aromatic nitrogens is 2. The number of rotatable bonds is 6. The minimum Gasteiger partial charge on any atom is -0.464 e. The molecule has 0 aliphatic carbocycles. The van der Waals surface area contributed by atoms with E-state index in [2.05, 4.69) is 44.5 Å². The summed E-state index contributed by atoms with van der Waals surface area (Å²) in [5.74, 6) is 0.562. The minimum atomic E-state index is -0.00258. The second-order valence-electron chi connectivity index (χ2n) is 7.01. The van der Waals surface area contributed by atoms with Crippen molar-refractivity contribution in [2.75, 3.05) is 24.6 Å². The minimum absolute atomic E-state index is 0.00258. The van der Waals surface area contributed by atoms with Gasteiger partial charge in [0, 0.05) is 20.0 Å². The molecule has 1 amide bonds. The Hall–Kier alpha value is -2.63. The maximum atomic E-state index is 11.2. The van der Waals surface area contributed by atoms with Crippen molar-refractivity contribution in [2.45, 2.75) is 45.6 Å². The van der Waals surface area contributed by atoms with Gasteiger partial charge in [0.25, 0.3) is 0 Å².